The van der Waals surface area contributed by atoms with Gasteiger partial charge in [-0.1, -0.05) is 6.92 Å². The quantitative estimate of drug-likeness (QED) is 0.716. The highest BCUT2D eigenvalue weighted by molar-refractivity contribution is 7.89. The lowest BCUT2D eigenvalue weighted by atomic mass is 10.5. The minimum absolute atomic E-state index is 0. The number of aromatic nitrogens is 2. The smallest absolute Gasteiger partial charge is 0.259 e. The number of aryl methyl sites for hydroxylation is 2. The number of halogens is 1. The first-order chi connectivity index (χ1) is 7.97. The second kappa shape index (κ2) is 7.73. The molecule has 2 N–H and O–H groups in total. The predicted molar refractivity (Wildman–Crippen MR) is 73.5 cm³/mol. The zero-order chi connectivity index (χ0) is 12.9. The number of hydrogen-bond donors (Lipinski definition) is 2. The van der Waals surface area contributed by atoms with Crippen molar-refractivity contribution in [2.24, 2.45) is 7.05 Å². The number of nitrogens with one attached hydrogen (secondary N) is 2. The maximum Gasteiger partial charge on any atom is 0.259 e. The highest BCUT2D eigenvalue weighted by atomic mass is 35.5. The summed E-state index contributed by atoms with van der Waals surface area (Å²) in [6.07, 6.45) is 2.54. The van der Waals surface area contributed by atoms with E-state index in [1.807, 2.05) is 0 Å². The SMILES string of the molecule is CCCNCCNS(=O)(=O)c1cn(C)c(C)n1.Cl. The Morgan fingerprint density at radius 2 is 2.00 bits per heavy atom. The Labute approximate surface area is 115 Å². The van der Waals surface area contributed by atoms with Gasteiger partial charge < -0.3 is 9.88 Å². The van der Waals surface area contributed by atoms with Crippen molar-refractivity contribution in [1.29, 1.82) is 0 Å². The van der Waals surface area contributed by atoms with Gasteiger partial charge in [0.05, 0.1) is 0 Å². The second-order valence-electron chi connectivity index (χ2n) is 3.89. The van der Waals surface area contributed by atoms with Gasteiger partial charge in [-0.15, -0.1) is 12.4 Å². The summed E-state index contributed by atoms with van der Waals surface area (Å²) in [5.74, 6) is 0.675. The van der Waals surface area contributed by atoms with Gasteiger partial charge in [-0.2, -0.15) is 0 Å². The Balaban J connectivity index is 0.00000289. The van der Waals surface area contributed by atoms with E-state index >= 15 is 0 Å². The van der Waals surface area contributed by atoms with Gasteiger partial charge in [0, 0.05) is 26.3 Å². The summed E-state index contributed by atoms with van der Waals surface area (Å²) in [7, 11) is -1.70. The van der Waals surface area contributed by atoms with Gasteiger partial charge in [-0.3, -0.25) is 0 Å². The van der Waals surface area contributed by atoms with Gasteiger partial charge in [-0.25, -0.2) is 18.1 Å². The standard InChI is InChI=1S/C10H20N4O2S.ClH/c1-4-5-11-6-7-12-17(15,16)10-8-14(3)9(2)13-10;/h8,11-12H,4-7H2,1-3H3;1H. The number of hydrogen-bond acceptors (Lipinski definition) is 4. The molecule has 0 aliphatic heterocycles. The third-order valence-electron chi connectivity index (χ3n) is 2.38. The van der Waals surface area contributed by atoms with Gasteiger partial charge in [0.25, 0.3) is 10.0 Å². The van der Waals surface area contributed by atoms with Gasteiger partial charge in [-0.05, 0) is 19.9 Å². The minimum atomic E-state index is -3.47. The van der Waals surface area contributed by atoms with Crippen molar-refractivity contribution in [2.75, 3.05) is 19.6 Å². The maximum atomic E-state index is 11.8. The highest BCUT2D eigenvalue weighted by Gasteiger charge is 2.17. The zero-order valence-electron chi connectivity index (χ0n) is 10.9. The third kappa shape index (κ3) is 4.93. The average Bonchev–Trinajstić information content (AvgIpc) is 2.60. The Morgan fingerprint density at radius 3 is 2.50 bits per heavy atom. The minimum Gasteiger partial charge on any atom is -0.337 e. The van der Waals surface area contributed by atoms with Crippen molar-refractivity contribution in [3.8, 4) is 0 Å². The molecule has 0 atom stereocenters. The van der Waals surface area contributed by atoms with Gasteiger partial charge in [0.15, 0.2) is 5.03 Å². The molecule has 0 aliphatic carbocycles. The van der Waals surface area contributed by atoms with Crippen molar-refractivity contribution in [3.63, 3.8) is 0 Å². The van der Waals surface area contributed by atoms with Crippen LogP contribution >= 0.6 is 12.4 Å². The summed E-state index contributed by atoms with van der Waals surface area (Å²) in [5, 5.41) is 3.20. The summed E-state index contributed by atoms with van der Waals surface area (Å²) in [6.45, 7) is 5.72. The molecule has 0 saturated carbocycles. The molecule has 1 heterocycles. The zero-order valence-corrected chi connectivity index (χ0v) is 12.6. The Kier molecular flexibility index (Phi) is 7.46. The molecule has 8 heteroatoms. The van der Waals surface area contributed by atoms with E-state index in [1.165, 1.54) is 6.20 Å². The van der Waals surface area contributed by atoms with Gasteiger partial charge >= 0.3 is 0 Å². The van der Waals surface area contributed by atoms with Crippen LogP contribution in [0.25, 0.3) is 0 Å². The Bertz CT molecular complexity index is 439. The number of rotatable bonds is 7. The molecule has 1 aromatic heterocycles. The lowest BCUT2D eigenvalue weighted by Crippen LogP contribution is -2.32. The van der Waals surface area contributed by atoms with E-state index in [4.69, 9.17) is 0 Å². The monoisotopic (exact) mass is 296 g/mol. The predicted octanol–water partition coefficient (Wildman–Crippen LogP) is 0.428. The van der Waals surface area contributed by atoms with E-state index in [9.17, 15) is 8.42 Å². The van der Waals surface area contributed by atoms with Crippen LogP contribution in [0.15, 0.2) is 11.2 Å². The van der Waals surface area contributed by atoms with E-state index in [-0.39, 0.29) is 17.4 Å². The third-order valence-corrected chi connectivity index (χ3v) is 3.71. The second-order valence-corrected chi connectivity index (χ2v) is 5.60. The first-order valence-corrected chi connectivity index (χ1v) is 7.16. The molecule has 0 unspecified atom stereocenters. The largest absolute Gasteiger partial charge is 0.337 e. The van der Waals surface area contributed by atoms with Crippen LogP contribution in [-0.4, -0.2) is 37.6 Å². The lowest BCUT2D eigenvalue weighted by molar-refractivity contribution is 0.572. The van der Waals surface area contributed by atoms with Crippen LogP contribution in [-0.2, 0) is 17.1 Å². The van der Waals surface area contributed by atoms with E-state index in [0.717, 1.165) is 13.0 Å². The molecule has 0 spiro atoms. The topological polar surface area (TPSA) is 76.0 Å². The maximum absolute atomic E-state index is 11.8. The number of nitrogens with zero attached hydrogens (tertiary/aromatic N) is 2. The van der Waals surface area contributed by atoms with Crippen LogP contribution in [0, 0.1) is 6.92 Å². The molecule has 1 aromatic rings. The molecule has 1 rings (SSSR count). The fourth-order valence-corrected chi connectivity index (χ4v) is 2.37. The number of sulfonamides is 1. The highest BCUT2D eigenvalue weighted by Crippen LogP contribution is 2.06. The molecule has 0 amide bonds. The van der Waals surface area contributed by atoms with Crippen molar-refractivity contribution in [2.45, 2.75) is 25.3 Å². The molecule has 0 fully saturated rings. The summed E-state index contributed by atoms with van der Waals surface area (Å²) < 4.78 is 27.8. The average molecular weight is 297 g/mol. The molecule has 106 valence electrons. The normalized spacial score (nSPS) is 11.3. The van der Waals surface area contributed by atoms with Crippen LogP contribution in [0.4, 0.5) is 0 Å². The van der Waals surface area contributed by atoms with Crippen molar-refractivity contribution < 1.29 is 8.42 Å². The van der Waals surface area contributed by atoms with Crippen LogP contribution in [0.2, 0.25) is 0 Å². The molecular formula is C10H21ClN4O2S. The van der Waals surface area contributed by atoms with Crippen LogP contribution < -0.4 is 10.0 Å². The van der Waals surface area contributed by atoms with Gasteiger partial charge in [0.2, 0.25) is 0 Å². The lowest BCUT2D eigenvalue weighted by Gasteiger charge is -2.04. The van der Waals surface area contributed by atoms with Gasteiger partial charge in [0.1, 0.15) is 5.82 Å². The first-order valence-electron chi connectivity index (χ1n) is 5.67. The Morgan fingerprint density at radius 1 is 1.33 bits per heavy atom. The summed E-state index contributed by atoms with van der Waals surface area (Å²) >= 11 is 0. The van der Waals surface area contributed by atoms with Crippen molar-refractivity contribution >= 4 is 22.4 Å². The van der Waals surface area contributed by atoms with E-state index in [1.54, 1.807) is 18.5 Å². The number of imidazole rings is 1. The van der Waals surface area contributed by atoms with E-state index in [0.29, 0.717) is 18.9 Å². The molecular weight excluding hydrogens is 276 g/mol. The molecule has 0 saturated heterocycles. The van der Waals surface area contributed by atoms with Crippen molar-refractivity contribution in [3.05, 3.63) is 12.0 Å². The molecule has 0 radical (unpaired) electrons. The summed E-state index contributed by atoms with van der Waals surface area (Å²) in [6, 6.07) is 0. The molecule has 18 heavy (non-hydrogen) atoms. The van der Waals surface area contributed by atoms with Crippen LogP contribution in [0.1, 0.15) is 19.2 Å². The molecule has 6 nitrogen and oxygen atoms in total. The fourth-order valence-electron chi connectivity index (χ4n) is 1.31. The van der Waals surface area contributed by atoms with Crippen molar-refractivity contribution in [1.82, 2.24) is 19.6 Å². The fraction of sp³-hybridized carbons (Fsp3) is 0.700. The molecule has 0 aliphatic rings. The van der Waals surface area contributed by atoms with E-state index < -0.39 is 10.0 Å². The van der Waals surface area contributed by atoms with Crippen LogP contribution in [0.3, 0.4) is 0 Å². The van der Waals surface area contributed by atoms with Crippen LogP contribution in [0.5, 0.6) is 0 Å². The molecule has 0 bridgehead atoms. The van der Waals surface area contributed by atoms with E-state index in [2.05, 4.69) is 21.9 Å². The summed E-state index contributed by atoms with van der Waals surface area (Å²) in [4.78, 5) is 3.99. The summed E-state index contributed by atoms with van der Waals surface area (Å²) in [5.41, 5.74) is 0. The Hall–Kier alpha value is -0.630. The molecule has 0 aromatic carbocycles. The first kappa shape index (κ1) is 17.4.